The summed E-state index contributed by atoms with van der Waals surface area (Å²) in [6, 6.07) is 15.5. The fourth-order valence-electron chi connectivity index (χ4n) is 2.31. The third-order valence-corrected chi connectivity index (χ3v) is 3.54. The Balaban J connectivity index is 2.08. The van der Waals surface area contributed by atoms with Gasteiger partial charge in [0, 0.05) is 6.42 Å². The Kier molecular flexibility index (Phi) is 4.84. The van der Waals surface area contributed by atoms with E-state index >= 15 is 0 Å². The molecule has 1 atom stereocenters. The molecule has 0 saturated heterocycles. The van der Waals surface area contributed by atoms with E-state index in [9.17, 15) is 14.4 Å². The van der Waals surface area contributed by atoms with Crippen LogP contribution in [0.5, 0.6) is 0 Å². The highest BCUT2D eigenvalue weighted by Crippen LogP contribution is 2.20. The van der Waals surface area contributed by atoms with Gasteiger partial charge in [-0.05, 0) is 42.2 Å². The average molecular weight is 281 g/mol. The first-order valence-corrected chi connectivity index (χ1v) is 6.84. The molecule has 0 aliphatic carbocycles. The van der Waals surface area contributed by atoms with Gasteiger partial charge in [-0.15, -0.1) is 0 Å². The molecule has 0 aliphatic heterocycles. The number of carbonyl (C=O) groups excluding carboxylic acids is 1. The number of Topliss-reactive ketones (excluding diaryl/α,β-unsaturated/α-hetero) is 1. The topological polar surface area (TPSA) is 40.9 Å². The van der Waals surface area contributed by atoms with Gasteiger partial charge in [-0.25, -0.2) is 4.39 Å². The number of rotatable bonds is 5. The average Bonchev–Trinajstić information content (AvgIpc) is 2.47. The summed E-state index contributed by atoms with van der Waals surface area (Å²) >= 11 is 0. The van der Waals surface area contributed by atoms with Crippen LogP contribution in [0.4, 0.5) is 4.39 Å². The number of carbonyl (C=O) groups is 1. The van der Waals surface area contributed by atoms with Crippen LogP contribution in [0.25, 0.3) is 0 Å². The zero-order valence-corrected chi connectivity index (χ0v) is 11.8. The normalized spacial score (nSPS) is 11.7. The van der Waals surface area contributed by atoms with Crippen molar-refractivity contribution in [2.45, 2.75) is 25.7 Å². The Hall–Kier alpha value is -2.47. The van der Waals surface area contributed by atoms with Crippen LogP contribution in [-0.2, 0) is 11.2 Å². The molecule has 0 aromatic heterocycles. The molecular weight excluding hydrogens is 265 g/mol. The monoisotopic (exact) mass is 281 g/mol. The Morgan fingerprint density at radius 2 is 2.00 bits per heavy atom. The van der Waals surface area contributed by atoms with Crippen LogP contribution in [0.1, 0.15) is 29.0 Å². The standard InChI is InChI=1S/C18H16FNO/c1-13-5-2-3-6-14(13)9-10-18(21)17(12-20)15-7-4-8-16(19)11-15/h2-8,11,17H,9-10H2,1H3. The van der Waals surface area contributed by atoms with Crippen molar-refractivity contribution in [2.24, 2.45) is 0 Å². The van der Waals surface area contributed by atoms with Crippen molar-refractivity contribution in [3.63, 3.8) is 0 Å². The molecular formula is C18H16FNO. The maximum atomic E-state index is 13.2. The minimum absolute atomic E-state index is 0.175. The van der Waals surface area contributed by atoms with Crippen LogP contribution in [-0.4, -0.2) is 5.78 Å². The van der Waals surface area contributed by atoms with Crippen LogP contribution in [0.3, 0.4) is 0 Å². The fourth-order valence-corrected chi connectivity index (χ4v) is 2.31. The summed E-state index contributed by atoms with van der Waals surface area (Å²) in [5.74, 6) is -1.50. The summed E-state index contributed by atoms with van der Waals surface area (Å²) < 4.78 is 13.2. The highest BCUT2D eigenvalue weighted by molar-refractivity contribution is 5.88. The molecule has 0 fully saturated rings. The number of hydrogen-bond acceptors (Lipinski definition) is 2. The molecule has 2 nitrogen and oxygen atoms in total. The van der Waals surface area contributed by atoms with Crippen molar-refractivity contribution in [1.29, 1.82) is 5.26 Å². The largest absolute Gasteiger partial charge is 0.298 e. The van der Waals surface area contributed by atoms with Crippen molar-refractivity contribution in [1.82, 2.24) is 0 Å². The first kappa shape index (κ1) is 14.9. The molecule has 106 valence electrons. The highest BCUT2D eigenvalue weighted by Gasteiger charge is 2.20. The third-order valence-electron chi connectivity index (χ3n) is 3.54. The minimum atomic E-state index is -0.898. The Bertz CT molecular complexity index is 688. The van der Waals surface area contributed by atoms with E-state index in [0.29, 0.717) is 12.0 Å². The van der Waals surface area contributed by atoms with Crippen LogP contribution in [0.15, 0.2) is 48.5 Å². The first-order chi connectivity index (χ1) is 10.1. The van der Waals surface area contributed by atoms with Crippen LogP contribution < -0.4 is 0 Å². The molecule has 0 N–H and O–H groups in total. The van der Waals surface area contributed by atoms with E-state index < -0.39 is 11.7 Å². The van der Waals surface area contributed by atoms with Gasteiger partial charge in [0.05, 0.1) is 6.07 Å². The van der Waals surface area contributed by atoms with E-state index in [4.69, 9.17) is 0 Å². The van der Waals surface area contributed by atoms with E-state index in [2.05, 4.69) is 0 Å². The smallest absolute Gasteiger partial charge is 0.154 e. The quantitative estimate of drug-likeness (QED) is 0.832. The zero-order chi connectivity index (χ0) is 15.2. The number of ketones is 1. The summed E-state index contributed by atoms with van der Waals surface area (Å²) in [4.78, 5) is 12.2. The highest BCUT2D eigenvalue weighted by atomic mass is 19.1. The maximum Gasteiger partial charge on any atom is 0.154 e. The van der Waals surface area contributed by atoms with E-state index in [0.717, 1.165) is 11.1 Å². The van der Waals surface area contributed by atoms with Crippen molar-refractivity contribution in [3.8, 4) is 6.07 Å². The molecule has 0 heterocycles. The van der Waals surface area contributed by atoms with Gasteiger partial charge in [-0.3, -0.25) is 4.79 Å². The van der Waals surface area contributed by atoms with Gasteiger partial charge >= 0.3 is 0 Å². The number of benzene rings is 2. The number of nitriles is 1. The predicted octanol–water partition coefficient (Wildman–Crippen LogP) is 3.94. The minimum Gasteiger partial charge on any atom is -0.298 e. The van der Waals surface area contributed by atoms with Gasteiger partial charge in [0.25, 0.3) is 0 Å². The van der Waals surface area contributed by atoms with E-state index in [1.807, 2.05) is 37.3 Å². The summed E-state index contributed by atoms with van der Waals surface area (Å²) in [7, 11) is 0. The van der Waals surface area contributed by atoms with Crippen molar-refractivity contribution in [3.05, 3.63) is 71.0 Å². The molecule has 0 radical (unpaired) electrons. The molecule has 2 aromatic rings. The molecule has 3 heteroatoms. The van der Waals surface area contributed by atoms with Gasteiger partial charge in [0.1, 0.15) is 11.7 Å². The van der Waals surface area contributed by atoms with E-state index in [1.165, 1.54) is 18.2 Å². The molecule has 2 rings (SSSR count). The fraction of sp³-hybridized carbons (Fsp3) is 0.222. The van der Waals surface area contributed by atoms with Gasteiger partial charge in [-0.1, -0.05) is 36.4 Å². The van der Waals surface area contributed by atoms with Crippen molar-refractivity contribution in [2.75, 3.05) is 0 Å². The van der Waals surface area contributed by atoms with Gasteiger partial charge in [-0.2, -0.15) is 5.26 Å². The lowest BCUT2D eigenvalue weighted by atomic mass is 9.92. The molecule has 0 bridgehead atoms. The second kappa shape index (κ2) is 6.81. The summed E-state index contributed by atoms with van der Waals surface area (Å²) in [6.07, 6.45) is 0.874. The van der Waals surface area contributed by atoms with E-state index in [1.54, 1.807) is 6.07 Å². The summed E-state index contributed by atoms with van der Waals surface area (Å²) in [5, 5.41) is 9.20. The lowest BCUT2D eigenvalue weighted by molar-refractivity contribution is -0.119. The SMILES string of the molecule is Cc1ccccc1CCC(=O)C(C#N)c1cccc(F)c1. The summed E-state index contributed by atoms with van der Waals surface area (Å²) in [5.41, 5.74) is 2.65. The third kappa shape index (κ3) is 3.76. The van der Waals surface area contributed by atoms with Gasteiger partial charge < -0.3 is 0 Å². The molecule has 2 aromatic carbocycles. The van der Waals surface area contributed by atoms with Crippen LogP contribution in [0, 0.1) is 24.1 Å². The second-order valence-electron chi connectivity index (χ2n) is 5.01. The second-order valence-corrected chi connectivity index (χ2v) is 5.01. The van der Waals surface area contributed by atoms with Crippen molar-refractivity contribution >= 4 is 5.78 Å². The van der Waals surface area contributed by atoms with Crippen LogP contribution >= 0.6 is 0 Å². The first-order valence-electron chi connectivity index (χ1n) is 6.84. The Labute approximate surface area is 123 Å². The Morgan fingerprint density at radius 1 is 1.24 bits per heavy atom. The van der Waals surface area contributed by atoms with Gasteiger partial charge in [0.15, 0.2) is 5.78 Å². The molecule has 0 aliphatic rings. The molecule has 0 amide bonds. The van der Waals surface area contributed by atoms with Crippen LogP contribution in [0.2, 0.25) is 0 Å². The van der Waals surface area contributed by atoms with Gasteiger partial charge in [0.2, 0.25) is 0 Å². The number of aryl methyl sites for hydroxylation is 2. The van der Waals surface area contributed by atoms with Crippen molar-refractivity contribution < 1.29 is 9.18 Å². The van der Waals surface area contributed by atoms with E-state index in [-0.39, 0.29) is 12.2 Å². The number of hydrogen-bond donors (Lipinski definition) is 0. The predicted molar refractivity (Wildman–Crippen MR) is 79.3 cm³/mol. The lowest BCUT2D eigenvalue weighted by Gasteiger charge is -2.10. The lowest BCUT2D eigenvalue weighted by Crippen LogP contribution is -2.12. The zero-order valence-electron chi connectivity index (χ0n) is 11.8. The number of halogens is 1. The molecule has 0 saturated carbocycles. The number of nitrogens with zero attached hydrogens (tertiary/aromatic N) is 1. The molecule has 1 unspecified atom stereocenters. The summed E-state index contributed by atoms with van der Waals surface area (Å²) in [6.45, 7) is 1.99. The maximum absolute atomic E-state index is 13.2. The Morgan fingerprint density at radius 3 is 2.67 bits per heavy atom. The molecule has 0 spiro atoms. The molecule has 21 heavy (non-hydrogen) atoms.